The zero-order chi connectivity index (χ0) is 12.3. The molecular weight excluding hydrogens is 212 g/mol. The van der Waals surface area contributed by atoms with Crippen LogP contribution in [0, 0.1) is 16.7 Å². The van der Waals surface area contributed by atoms with Gasteiger partial charge < -0.3 is 5.32 Å². The summed E-state index contributed by atoms with van der Waals surface area (Å²) in [7, 11) is 0. The van der Waals surface area contributed by atoms with Gasteiger partial charge in [0.15, 0.2) is 0 Å². The Morgan fingerprint density at radius 3 is 2.53 bits per heavy atom. The van der Waals surface area contributed by atoms with Gasteiger partial charge in [0.05, 0.1) is 12.1 Å². The summed E-state index contributed by atoms with van der Waals surface area (Å²) < 4.78 is 0. The van der Waals surface area contributed by atoms with Gasteiger partial charge in [0, 0.05) is 0 Å². The lowest BCUT2D eigenvalue weighted by Gasteiger charge is -2.34. The number of rotatable bonds is 3. The zero-order valence-electron chi connectivity index (χ0n) is 9.94. The van der Waals surface area contributed by atoms with E-state index < -0.39 is 5.41 Å². The van der Waals surface area contributed by atoms with Crippen molar-refractivity contribution in [3.05, 3.63) is 35.9 Å². The zero-order valence-corrected chi connectivity index (χ0v) is 9.94. The first-order valence-electron chi connectivity index (χ1n) is 5.95. The van der Waals surface area contributed by atoms with Crippen molar-refractivity contribution in [1.29, 1.82) is 5.26 Å². The van der Waals surface area contributed by atoms with Crippen molar-refractivity contribution in [3.63, 3.8) is 0 Å². The Bertz CT molecular complexity index is 443. The molecule has 88 valence electrons. The van der Waals surface area contributed by atoms with Crippen molar-refractivity contribution < 1.29 is 4.79 Å². The summed E-state index contributed by atoms with van der Waals surface area (Å²) in [5.41, 5.74) is 0.302. The Labute approximate surface area is 101 Å². The molecule has 17 heavy (non-hydrogen) atoms. The van der Waals surface area contributed by atoms with E-state index in [1.807, 2.05) is 37.3 Å². The average Bonchev–Trinajstić information content (AvgIpc) is 2.29. The fourth-order valence-electron chi connectivity index (χ4n) is 2.08. The number of nitrogens with zero attached hydrogens (tertiary/aromatic N) is 1. The first-order valence-corrected chi connectivity index (χ1v) is 5.95. The third-order valence-corrected chi connectivity index (χ3v) is 3.50. The van der Waals surface area contributed by atoms with Crippen molar-refractivity contribution >= 4 is 5.91 Å². The molecule has 1 fully saturated rings. The fraction of sp³-hybridized carbons (Fsp3) is 0.429. The topological polar surface area (TPSA) is 52.9 Å². The van der Waals surface area contributed by atoms with Gasteiger partial charge in [-0.1, -0.05) is 30.3 Å². The molecule has 0 spiro atoms. The molecule has 0 aromatic heterocycles. The van der Waals surface area contributed by atoms with Gasteiger partial charge in [-0.3, -0.25) is 4.79 Å². The first-order chi connectivity index (χ1) is 8.18. The molecule has 0 saturated heterocycles. The smallest absolute Gasteiger partial charge is 0.240 e. The minimum Gasteiger partial charge on any atom is -0.348 e. The number of hydrogen-bond donors (Lipinski definition) is 1. The number of hydrogen-bond acceptors (Lipinski definition) is 2. The Hall–Kier alpha value is -1.82. The van der Waals surface area contributed by atoms with Crippen LogP contribution in [-0.4, -0.2) is 5.91 Å². The standard InChI is InChI=1S/C14H16N2O/c1-11(12-6-3-2-4-7-12)16-13(17)14(10-15)8-5-9-14/h2-4,6-7,11H,5,8-9H2,1H3,(H,16,17)/t11-/m0/s1. The van der Waals surface area contributed by atoms with Crippen molar-refractivity contribution in [2.75, 3.05) is 0 Å². The molecule has 2 rings (SSSR count). The van der Waals surface area contributed by atoms with Crippen LogP contribution in [0.5, 0.6) is 0 Å². The molecule has 1 atom stereocenters. The molecule has 1 saturated carbocycles. The van der Waals surface area contributed by atoms with Crippen molar-refractivity contribution in [2.24, 2.45) is 5.41 Å². The number of benzene rings is 1. The van der Waals surface area contributed by atoms with Gasteiger partial charge in [-0.15, -0.1) is 0 Å². The largest absolute Gasteiger partial charge is 0.348 e. The summed E-state index contributed by atoms with van der Waals surface area (Å²) in [5, 5.41) is 12.0. The highest BCUT2D eigenvalue weighted by Crippen LogP contribution is 2.40. The number of nitriles is 1. The predicted octanol–water partition coefficient (Wildman–Crippen LogP) is 2.56. The molecule has 1 amide bonds. The molecule has 0 unspecified atom stereocenters. The van der Waals surface area contributed by atoms with Crippen LogP contribution in [0.25, 0.3) is 0 Å². The Morgan fingerprint density at radius 1 is 1.41 bits per heavy atom. The van der Waals surface area contributed by atoms with E-state index in [1.165, 1.54) is 0 Å². The lowest BCUT2D eigenvalue weighted by atomic mass is 9.69. The third-order valence-electron chi connectivity index (χ3n) is 3.50. The Balaban J connectivity index is 2.03. The van der Waals surface area contributed by atoms with Crippen LogP contribution in [0.1, 0.15) is 37.8 Å². The molecule has 0 bridgehead atoms. The molecule has 1 aliphatic rings. The summed E-state index contributed by atoms with van der Waals surface area (Å²) in [4.78, 5) is 12.0. The Morgan fingerprint density at radius 2 is 2.06 bits per heavy atom. The number of carbonyl (C=O) groups excluding carboxylic acids is 1. The first kappa shape index (κ1) is 11.7. The molecular formula is C14H16N2O. The summed E-state index contributed by atoms with van der Waals surface area (Å²) >= 11 is 0. The van der Waals surface area contributed by atoms with E-state index >= 15 is 0 Å². The van der Waals surface area contributed by atoms with Crippen LogP contribution in [-0.2, 0) is 4.79 Å². The van der Waals surface area contributed by atoms with Crippen molar-refractivity contribution in [3.8, 4) is 6.07 Å². The molecule has 0 aliphatic heterocycles. The second-order valence-corrected chi connectivity index (χ2v) is 4.65. The molecule has 0 heterocycles. The van der Waals surface area contributed by atoms with Crippen LogP contribution < -0.4 is 5.32 Å². The van der Waals surface area contributed by atoms with Crippen LogP contribution in [0.15, 0.2) is 30.3 Å². The van der Waals surface area contributed by atoms with Crippen LogP contribution in [0.3, 0.4) is 0 Å². The molecule has 1 aromatic carbocycles. The summed E-state index contributed by atoms with van der Waals surface area (Å²) in [6.07, 6.45) is 2.36. The Kier molecular flexibility index (Phi) is 3.14. The van der Waals surface area contributed by atoms with E-state index in [0.29, 0.717) is 12.8 Å². The number of nitrogens with one attached hydrogen (secondary N) is 1. The van der Waals surface area contributed by atoms with Crippen LogP contribution in [0.4, 0.5) is 0 Å². The van der Waals surface area contributed by atoms with Gasteiger partial charge in [0.1, 0.15) is 5.41 Å². The predicted molar refractivity (Wildman–Crippen MR) is 64.9 cm³/mol. The maximum absolute atomic E-state index is 12.0. The van der Waals surface area contributed by atoms with Crippen LogP contribution in [0.2, 0.25) is 0 Å². The quantitative estimate of drug-likeness (QED) is 0.864. The minimum atomic E-state index is -0.761. The molecule has 1 N–H and O–H groups in total. The van der Waals surface area contributed by atoms with Gasteiger partial charge in [-0.2, -0.15) is 5.26 Å². The van der Waals surface area contributed by atoms with E-state index in [0.717, 1.165) is 12.0 Å². The average molecular weight is 228 g/mol. The fourth-order valence-corrected chi connectivity index (χ4v) is 2.08. The third kappa shape index (κ3) is 2.16. The number of carbonyl (C=O) groups is 1. The van der Waals surface area contributed by atoms with E-state index in [2.05, 4.69) is 11.4 Å². The SMILES string of the molecule is C[C@H](NC(=O)C1(C#N)CCC1)c1ccccc1. The second-order valence-electron chi connectivity index (χ2n) is 4.65. The van der Waals surface area contributed by atoms with Gasteiger partial charge >= 0.3 is 0 Å². The number of amides is 1. The molecule has 3 heteroatoms. The van der Waals surface area contributed by atoms with Gasteiger partial charge in [-0.25, -0.2) is 0 Å². The lowest BCUT2D eigenvalue weighted by Crippen LogP contribution is -2.45. The molecule has 3 nitrogen and oxygen atoms in total. The molecule has 1 aliphatic carbocycles. The highest BCUT2D eigenvalue weighted by Gasteiger charge is 2.44. The normalized spacial score (nSPS) is 18.6. The van der Waals surface area contributed by atoms with E-state index in [-0.39, 0.29) is 11.9 Å². The van der Waals surface area contributed by atoms with Crippen LogP contribution >= 0.6 is 0 Å². The maximum Gasteiger partial charge on any atom is 0.240 e. The summed E-state index contributed by atoms with van der Waals surface area (Å²) in [5.74, 6) is -0.123. The minimum absolute atomic E-state index is 0.0467. The summed E-state index contributed by atoms with van der Waals surface area (Å²) in [6.45, 7) is 1.94. The highest BCUT2D eigenvalue weighted by molar-refractivity contribution is 5.86. The van der Waals surface area contributed by atoms with Crippen molar-refractivity contribution in [2.45, 2.75) is 32.2 Å². The second kappa shape index (κ2) is 4.58. The van der Waals surface area contributed by atoms with Gasteiger partial charge in [-0.05, 0) is 31.7 Å². The summed E-state index contributed by atoms with van der Waals surface area (Å²) in [6, 6.07) is 11.9. The van der Waals surface area contributed by atoms with E-state index in [4.69, 9.17) is 5.26 Å². The highest BCUT2D eigenvalue weighted by atomic mass is 16.2. The van der Waals surface area contributed by atoms with Gasteiger partial charge in [0.25, 0.3) is 0 Å². The van der Waals surface area contributed by atoms with E-state index in [1.54, 1.807) is 0 Å². The van der Waals surface area contributed by atoms with Crippen molar-refractivity contribution in [1.82, 2.24) is 5.32 Å². The maximum atomic E-state index is 12.0. The lowest BCUT2D eigenvalue weighted by molar-refractivity contribution is -0.132. The molecule has 0 radical (unpaired) electrons. The van der Waals surface area contributed by atoms with Gasteiger partial charge in [0.2, 0.25) is 5.91 Å². The molecule has 1 aromatic rings. The monoisotopic (exact) mass is 228 g/mol. The van der Waals surface area contributed by atoms with E-state index in [9.17, 15) is 4.79 Å².